The van der Waals surface area contributed by atoms with Gasteiger partial charge in [0.05, 0.1) is 5.25 Å². The lowest BCUT2D eigenvalue weighted by atomic mass is 10.0. The van der Waals surface area contributed by atoms with Crippen molar-refractivity contribution in [1.29, 1.82) is 0 Å². The monoisotopic (exact) mass is 227 g/mol. The summed E-state index contributed by atoms with van der Waals surface area (Å²) in [5, 5.41) is 3.08. The van der Waals surface area contributed by atoms with Crippen molar-refractivity contribution in [2.75, 3.05) is 0 Å². The van der Waals surface area contributed by atoms with Crippen LogP contribution in [-0.4, -0.2) is 22.3 Å². The second-order valence-corrected chi connectivity index (χ2v) is 5.84. The average Bonchev–Trinajstić information content (AvgIpc) is 2.24. The van der Waals surface area contributed by atoms with E-state index in [4.69, 9.17) is 0 Å². The molecule has 1 saturated carbocycles. The minimum atomic E-state index is -0.111. The highest BCUT2D eigenvalue weighted by Crippen LogP contribution is 2.33. The SMILES string of the molecule is O=C1CCC(SC2CCCCC2)C(=O)N1. The summed E-state index contributed by atoms with van der Waals surface area (Å²) in [5.41, 5.74) is 0. The van der Waals surface area contributed by atoms with Crippen LogP contribution in [0.2, 0.25) is 0 Å². The topological polar surface area (TPSA) is 46.2 Å². The molecule has 0 radical (unpaired) electrons. The van der Waals surface area contributed by atoms with Gasteiger partial charge in [0.15, 0.2) is 0 Å². The Morgan fingerprint density at radius 3 is 2.47 bits per heavy atom. The fraction of sp³-hybridized carbons (Fsp3) is 0.818. The van der Waals surface area contributed by atoms with Crippen LogP contribution in [0.4, 0.5) is 0 Å². The van der Waals surface area contributed by atoms with Gasteiger partial charge in [0.25, 0.3) is 0 Å². The van der Waals surface area contributed by atoms with Crippen LogP contribution >= 0.6 is 11.8 Å². The molecule has 0 spiro atoms. The Morgan fingerprint density at radius 2 is 1.80 bits per heavy atom. The molecule has 1 saturated heterocycles. The van der Waals surface area contributed by atoms with E-state index in [-0.39, 0.29) is 17.1 Å². The second-order valence-electron chi connectivity index (χ2n) is 4.34. The Labute approximate surface area is 94.4 Å². The summed E-state index contributed by atoms with van der Waals surface area (Å²) < 4.78 is 0. The quantitative estimate of drug-likeness (QED) is 0.732. The first-order chi connectivity index (χ1) is 7.25. The summed E-state index contributed by atoms with van der Waals surface area (Å²) in [5.74, 6) is -0.178. The number of amides is 2. The van der Waals surface area contributed by atoms with Gasteiger partial charge in [-0.15, -0.1) is 11.8 Å². The van der Waals surface area contributed by atoms with E-state index in [1.54, 1.807) is 11.8 Å². The van der Waals surface area contributed by atoms with Crippen molar-refractivity contribution in [2.45, 2.75) is 55.4 Å². The van der Waals surface area contributed by atoms with Gasteiger partial charge >= 0.3 is 0 Å². The van der Waals surface area contributed by atoms with E-state index in [1.165, 1.54) is 32.1 Å². The van der Waals surface area contributed by atoms with Crippen molar-refractivity contribution in [3.05, 3.63) is 0 Å². The van der Waals surface area contributed by atoms with Crippen LogP contribution in [0.15, 0.2) is 0 Å². The van der Waals surface area contributed by atoms with Gasteiger partial charge in [0.1, 0.15) is 0 Å². The van der Waals surface area contributed by atoms with Crippen LogP contribution in [0.25, 0.3) is 0 Å². The summed E-state index contributed by atoms with van der Waals surface area (Å²) in [6, 6.07) is 0. The number of imide groups is 1. The third-order valence-electron chi connectivity index (χ3n) is 3.10. The molecule has 1 atom stereocenters. The zero-order chi connectivity index (χ0) is 10.7. The zero-order valence-electron chi connectivity index (χ0n) is 8.83. The molecular weight excluding hydrogens is 210 g/mol. The molecule has 4 heteroatoms. The maximum absolute atomic E-state index is 11.5. The number of rotatable bonds is 2. The van der Waals surface area contributed by atoms with Crippen molar-refractivity contribution in [2.24, 2.45) is 0 Å². The smallest absolute Gasteiger partial charge is 0.239 e. The van der Waals surface area contributed by atoms with Crippen molar-refractivity contribution >= 4 is 23.6 Å². The fourth-order valence-corrected chi connectivity index (χ4v) is 3.74. The lowest BCUT2D eigenvalue weighted by Crippen LogP contribution is -2.43. The third kappa shape index (κ3) is 2.97. The first-order valence-corrected chi connectivity index (χ1v) is 6.69. The van der Waals surface area contributed by atoms with E-state index in [9.17, 15) is 9.59 Å². The number of thioether (sulfide) groups is 1. The van der Waals surface area contributed by atoms with Gasteiger partial charge in [0.2, 0.25) is 11.8 Å². The highest BCUT2D eigenvalue weighted by Gasteiger charge is 2.29. The number of carbonyl (C=O) groups is 2. The molecule has 2 fully saturated rings. The Bertz CT molecular complexity index is 261. The summed E-state index contributed by atoms with van der Waals surface area (Å²) in [4.78, 5) is 22.5. The van der Waals surface area contributed by atoms with Gasteiger partial charge in [-0.2, -0.15) is 0 Å². The van der Waals surface area contributed by atoms with E-state index < -0.39 is 0 Å². The summed E-state index contributed by atoms with van der Waals surface area (Å²) in [6.07, 6.45) is 7.65. The minimum absolute atomic E-state index is 0.0193. The molecule has 0 bridgehead atoms. The van der Waals surface area contributed by atoms with Crippen LogP contribution in [0.5, 0.6) is 0 Å². The number of hydrogen-bond acceptors (Lipinski definition) is 3. The summed E-state index contributed by atoms with van der Waals surface area (Å²) >= 11 is 1.79. The molecule has 2 aliphatic rings. The number of piperidine rings is 1. The highest BCUT2D eigenvalue weighted by molar-refractivity contribution is 8.01. The molecule has 1 unspecified atom stereocenters. The molecule has 84 valence electrons. The van der Waals surface area contributed by atoms with Crippen LogP contribution < -0.4 is 5.32 Å². The van der Waals surface area contributed by atoms with E-state index in [0.29, 0.717) is 11.7 Å². The van der Waals surface area contributed by atoms with Gasteiger partial charge in [-0.3, -0.25) is 14.9 Å². The molecular formula is C11H17NO2S. The number of nitrogens with one attached hydrogen (secondary N) is 1. The Hall–Kier alpha value is -0.510. The summed E-state index contributed by atoms with van der Waals surface area (Å²) in [7, 11) is 0. The largest absolute Gasteiger partial charge is 0.295 e. The first kappa shape index (κ1) is 11.0. The van der Waals surface area contributed by atoms with Gasteiger partial charge in [-0.05, 0) is 19.3 Å². The molecule has 1 N–H and O–H groups in total. The maximum atomic E-state index is 11.5. The standard InChI is InChI=1S/C11H17NO2S/c13-10-7-6-9(11(14)12-10)15-8-4-2-1-3-5-8/h8-9H,1-7H2,(H,12,13,14). The Morgan fingerprint density at radius 1 is 1.07 bits per heavy atom. The second kappa shape index (κ2) is 5.01. The van der Waals surface area contributed by atoms with Gasteiger partial charge < -0.3 is 0 Å². The van der Waals surface area contributed by atoms with Crippen LogP contribution in [0.3, 0.4) is 0 Å². The van der Waals surface area contributed by atoms with Gasteiger partial charge in [-0.25, -0.2) is 0 Å². The van der Waals surface area contributed by atoms with Gasteiger partial charge in [0, 0.05) is 11.7 Å². The van der Waals surface area contributed by atoms with E-state index in [2.05, 4.69) is 5.32 Å². The summed E-state index contributed by atoms with van der Waals surface area (Å²) in [6.45, 7) is 0. The first-order valence-electron chi connectivity index (χ1n) is 5.75. The molecule has 3 nitrogen and oxygen atoms in total. The Balaban J connectivity index is 1.82. The Kier molecular flexibility index (Phi) is 3.67. The van der Waals surface area contributed by atoms with Crippen LogP contribution in [-0.2, 0) is 9.59 Å². The van der Waals surface area contributed by atoms with E-state index in [1.807, 2.05) is 0 Å². The van der Waals surface area contributed by atoms with Crippen molar-refractivity contribution < 1.29 is 9.59 Å². The average molecular weight is 227 g/mol. The molecule has 1 aliphatic heterocycles. The molecule has 0 aromatic carbocycles. The predicted molar refractivity (Wildman–Crippen MR) is 60.6 cm³/mol. The van der Waals surface area contributed by atoms with Crippen molar-refractivity contribution in [3.8, 4) is 0 Å². The fourth-order valence-electron chi connectivity index (χ4n) is 2.24. The highest BCUT2D eigenvalue weighted by atomic mass is 32.2. The molecule has 0 aromatic rings. The van der Waals surface area contributed by atoms with Crippen LogP contribution in [0.1, 0.15) is 44.9 Å². The molecule has 0 aromatic heterocycles. The lowest BCUT2D eigenvalue weighted by molar-refractivity contribution is -0.132. The van der Waals surface area contributed by atoms with Crippen molar-refractivity contribution in [1.82, 2.24) is 5.32 Å². The zero-order valence-corrected chi connectivity index (χ0v) is 9.65. The third-order valence-corrected chi connectivity index (χ3v) is 4.73. The van der Waals surface area contributed by atoms with E-state index >= 15 is 0 Å². The van der Waals surface area contributed by atoms with E-state index in [0.717, 1.165) is 6.42 Å². The molecule has 2 amide bonds. The minimum Gasteiger partial charge on any atom is -0.295 e. The number of hydrogen-bond donors (Lipinski definition) is 1. The normalized spacial score (nSPS) is 28.9. The molecule has 1 heterocycles. The molecule has 15 heavy (non-hydrogen) atoms. The predicted octanol–water partition coefficient (Wildman–Crippen LogP) is 1.86. The maximum Gasteiger partial charge on any atom is 0.239 e. The lowest BCUT2D eigenvalue weighted by Gasteiger charge is -2.27. The molecule has 1 aliphatic carbocycles. The molecule has 2 rings (SSSR count). The number of carbonyl (C=O) groups excluding carboxylic acids is 2. The van der Waals surface area contributed by atoms with Crippen molar-refractivity contribution in [3.63, 3.8) is 0 Å². The van der Waals surface area contributed by atoms with Crippen LogP contribution in [0, 0.1) is 0 Å². The van der Waals surface area contributed by atoms with Gasteiger partial charge in [-0.1, -0.05) is 19.3 Å².